The molecule has 1 aliphatic heterocycles. The third-order valence-electron chi connectivity index (χ3n) is 7.49. The number of ether oxygens (including phenoxy) is 1. The predicted molar refractivity (Wildman–Crippen MR) is 131 cm³/mol. The standard InChI is InChI=1S/C28H32N2O5/c31-25(14-7-15-26(32)33)29(20-16-17-20)27-21-10-4-5-12-23(21)30(24-13-6-11-22(24)27)28(34)35-18-19-8-2-1-3-9-19/h1-5,8-10,12,20,22,24,27H,6-7,11,13-18H2,(H,32,33). The van der Waals surface area contributed by atoms with Crippen LogP contribution >= 0.6 is 0 Å². The van der Waals surface area contributed by atoms with E-state index >= 15 is 0 Å². The lowest BCUT2D eigenvalue weighted by molar-refractivity contribution is -0.138. The Morgan fingerprint density at radius 2 is 1.69 bits per heavy atom. The van der Waals surface area contributed by atoms with Gasteiger partial charge in [-0.1, -0.05) is 55.0 Å². The van der Waals surface area contributed by atoms with Gasteiger partial charge in [-0.15, -0.1) is 0 Å². The van der Waals surface area contributed by atoms with Crippen molar-refractivity contribution in [3.63, 3.8) is 0 Å². The SMILES string of the molecule is O=C(O)CCCC(=O)N(C1CC1)C1c2ccccc2N(C(=O)OCc2ccccc2)C2CCCC21. The lowest BCUT2D eigenvalue weighted by Crippen LogP contribution is -2.53. The predicted octanol–water partition coefficient (Wildman–Crippen LogP) is 5.30. The molecule has 3 aliphatic rings. The molecule has 184 valence electrons. The highest BCUT2D eigenvalue weighted by Crippen LogP contribution is 2.52. The quantitative estimate of drug-likeness (QED) is 0.559. The summed E-state index contributed by atoms with van der Waals surface area (Å²) < 4.78 is 5.76. The molecule has 1 N–H and O–H groups in total. The lowest BCUT2D eigenvalue weighted by atomic mass is 9.81. The van der Waals surface area contributed by atoms with E-state index in [9.17, 15) is 14.4 Å². The maximum atomic E-state index is 13.4. The third kappa shape index (κ3) is 4.90. The van der Waals surface area contributed by atoms with Gasteiger partial charge in [0.1, 0.15) is 6.61 Å². The normalized spacial score (nSPS) is 22.7. The van der Waals surface area contributed by atoms with Crippen molar-refractivity contribution < 1.29 is 24.2 Å². The molecule has 0 aromatic heterocycles. The molecule has 2 aliphatic carbocycles. The van der Waals surface area contributed by atoms with Crippen molar-refractivity contribution in [1.82, 2.24) is 4.90 Å². The first-order valence-corrected chi connectivity index (χ1v) is 12.7. The first kappa shape index (κ1) is 23.4. The first-order valence-electron chi connectivity index (χ1n) is 12.7. The van der Waals surface area contributed by atoms with Gasteiger partial charge in [0.2, 0.25) is 5.91 Å². The Morgan fingerprint density at radius 1 is 0.943 bits per heavy atom. The van der Waals surface area contributed by atoms with Crippen LogP contribution in [0.25, 0.3) is 0 Å². The third-order valence-corrected chi connectivity index (χ3v) is 7.49. The first-order chi connectivity index (χ1) is 17.0. The molecule has 0 bridgehead atoms. The molecule has 35 heavy (non-hydrogen) atoms. The summed E-state index contributed by atoms with van der Waals surface area (Å²) in [6.45, 7) is 0.218. The van der Waals surface area contributed by atoms with E-state index in [4.69, 9.17) is 9.84 Å². The van der Waals surface area contributed by atoms with Gasteiger partial charge < -0.3 is 14.7 Å². The van der Waals surface area contributed by atoms with E-state index in [0.29, 0.717) is 6.42 Å². The van der Waals surface area contributed by atoms with Gasteiger partial charge in [0.05, 0.1) is 11.7 Å². The van der Waals surface area contributed by atoms with Crippen LogP contribution in [0.2, 0.25) is 0 Å². The van der Waals surface area contributed by atoms with Gasteiger partial charge in [-0.25, -0.2) is 4.79 Å². The van der Waals surface area contributed by atoms with Crippen LogP contribution < -0.4 is 4.90 Å². The van der Waals surface area contributed by atoms with E-state index in [0.717, 1.165) is 48.9 Å². The Labute approximate surface area is 205 Å². The Morgan fingerprint density at radius 3 is 2.43 bits per heavy atom. The van der Waals surface area contributed by atoms with Crippen molar-refractivity contribution >= 4 is 23.7 Å². The maximum Gasteiger partial charge on any atom is 0.414 e. The van der Waals surface area contributed by atoms with E-state index in [1.807, 2.05) is 64.4 Å². The van der Waals surface area contributed by atoms with Crippen LogP contribution in [-0.4, -0.2) is 40.1 Å². The van der Waals surface area contributed by atoms with Crippen LogP contribution in [0.3, 0.4) is 0 Å². The van der Waals surface area contributed by atoms with E-state index in [1.165, 1.54) is 0 Å². The minimum Gasteiger partial charge on any atom is -0.481 e. The number of carbonyl (C=O) groups excluding carboxylic acids is 2. The van der Waals surface area contributed by atoms with E-state index in [2.05, 4.69) is 0 Å². The largest absolute Gasteiger partial charge is 0.481 e. The molecule has 2 saturated carbocycles. The van der Waals surface area contributed by atoms with E-state index in [1.54, 1.807) is 0 Å². The number of anilines is 1. The fourth-order valence-corrected chi connectivity index (χ4v) is 5.86. The van der Waals surface area contributed by atoms with Crippen molar-refractivity contribution in [2.75, 3.05) is 4.90 Å². The Kier molecular flexibility index (Phi) is 6.75. The van der Waals surface area contributed by atoms with Crippen molar-refractivity contribution in [3.05, 3.63) is 65.7 Å². The summed E-state index contributed by atoms with van der Waals surface area (Å²) in [4.78, 5) is 41.7. The van der Waals surface area contributed by atoms with Crippen LogP contribution in [-0.2, 0) is 20.9 Å². The van der Waals surface area contributed by atoms with Gasteiger partial charge in [-0.3, -0.25) is 14.5 Å². The van der Waals surface area contributed by atoms with Crippen molar-refractivity contribution in [3.8, 4) is 0 Å². The minimum absolute atomic E-state index is 0.00140. The van der Waals surface area contributed by atoms with Crippen LogP contribution in [0, 0.1) is 5.92 Å². The summed E-state index contributed by atoms with van der Waals surface area (Å²) in [5.74, 6) is -0.711. The summed E-state index contributed by atoms with van der Waals surface area (Å²) in [6.07, 6.45) is 5.00. The number of para-hydroxylation sites is 1. The molecule has 7 heteroatoms. The van der Waals surface area contributed by atoms with Gasteiger partial charge in [0.25, 0.3) is 0 Å². The molecule has 2 fully saturated rings. The van der Waals surface area contributed by atoms with Gasteiger partial charge in [-0.2, -0.15) is 0 Å². The van der Waals surface area contributed by atoms with Gasteiger partial charge >= 0.3 is 12.1 Å². The zero-order chi connectivity index (χ0) is 24.4. The van der Waals surface area contributed by atoms with Gasteiger partial charge in [0.15, 0.2) is 0 Å². The second-order valence-corrected chi connectivity index (χ2v) is 9.86. The van der Waals surface area contributed by atoms with Crippen LogP contribution in [0.5, 0.6) is 0 Å². The summed E-state index contributed by atoms with van der Waals surface area (Å²) in [5.41, 5.74) is 2.76. The molecule has 2 aromatic rings. The summed E-state index contributed by atoms with van der Waals surface area (Å²) >= 11 is 0. The second-order valence-electron chi connectivity index (χ2n) is 9.86. The molecule has 2 aromatic carbocycles. The molecule has 3 atom stereocenters. The number of aliphatic carboxylic acids is 1. The van der Waals surface area contributed by atoms with Crippen molar-refractivity contribution in [2.24, 2.45) is 5.92 Å². The lowest BCUT2D eigenvalue weighted by Gasteiger charge is -2.47. The van der Waals surface area contributed by atoms with Crippen LogP contribution in [0.1, 0.15) is 68.5 Å². The molecule has 5 rings (SSSR count). The molecular formula is C28H32N2O5. The van der Waals surface area contributed by atoms with Gasteiger partial charge in [0, 0.05) is 30.8 Å². The molecule has 1 heterocycles. The molecular weight excluding hydrogens is 444 g/mol. The zero-order valence-corrected chi connectivity index (χ0v) is 19.8. The highest BCUT2D eigenvalue weighted by atomic mass is 16.6. The molecule has 3 unspecified atom stereocenters. The second kappa shape index (κ2) is 10.1. The van der Waals surface area contributed by atoms with Gasteiger partial charge in [-0.05, 0) is 49.3 Å². The number of carbonyl (C=O) groups is 3. The average molecular weight is 477 g/mol. The summed E-state index contributed by atoms with van der Waals surface area (Å²) in [7, 11) is 0. The number of carboxylic acids is 1. The monoisotopic (exact) mass is 476 g/mol. The number of nitrogens with zero attached hydrogens (tertiary/aromatic N) is 2. The Hall–Kier alpha value is -3.35. The van der Waals surface area contributed by atoms with E-state index in [-0.39, 0.29) is 55.5 Å². The molecule has 0 saturated heterocycles. The van der Waals surface area contributed by atoms with E-state index < -0.39 is 5.97 Å². The number of benzene rings is 2. The number of amides is 2. The zero-order valence-electron chi connectivity index (χ0n) is 19.8. The minimum atomic E-state index is -0.876. The molecule has 7 nitrogen and oxygen atoms in total. The molecule has 0 radical (unpaired) electrons. The topological polar surface area (TPSA) is 87.2 Å². The number of fused-ring (bicyclic) bond motifs is 2. The van der Waals surface area contributed by atoms with Crippen LogP contribution in [0.15, 0.2) is 54.6 Å². The Bertz CT molecular complexity index is 1080. The summed E-state index contributed by atoms with van der Waals surface area (Å²) in [6, 6.07) is 17.6. The number of rotatable bonds is 8. The number of hydrogen-bond acceptors (Lipinski definition) is 4. The smallest absolute Gasteiger partial charge is 0.414 e. The average Bonchev–Trinajstić information content (AvgIpc) is 3.58. The van der Waals surface area contributed by atoms with Crippen LogP contribution in [0.4, 0.5) is 10.5 Å². The fraction of sp³-hybridized carbons (Fsp3) is 0.464. The maximum absolute atomic E-state index is 13.4. The number of hydrogen-bond donors (Lipinski definition) is 1. The molecule has 2 amide bonds. The highest BCUT2D eigenvalue weighted by Gasteiger charge is 2.51. The van der Waals surface area contributed by atoms with Crippen molar-refractivity contribution in [2.45, 2.75) is 76.1 Å². The van der Waals surface area contributed by atoms with Crippen molar-refractivity contribution in [1.29, 1.82) is 0 Å². The molecule has 0 spiro atoms. The summed E-state index contributed by atoms with van der Waals surface area (Å²) in [5, 5.41) is 9.01. The number of carboxylic acid groups (broad SMARTS) is 1. The highest BCUT2D eigenvalue weighted by molar-refractivity contribution is 5.91. The Balaban J connectivity index is 1.43. The fourth-order valence-electron chi connectivity index (χ4n) is 5.86.